The van der Waals surface area contributed by atoms with E-state index in [1.165, 1.54) is 31.4 Å². The number of ether oxygens (including phenoxy) is 2. The first-order valence-electron chi connectivity index (χ1n) is 10.4. The van der Waals surface area contributed by atoms with Crippen LogP contribution in [0.25, 0.3) is 17.1 Å². The van der Waals surface area contributed by atoms with Crippen molar-refractivity contribution < 1.29 is 18.7 Å². The fraction of sp³-hybridized carbons (Fsp3) is 0.208. The highest BCUT2D eigenvalue weighted by molar-refractivity contribution is 5.81. The van der Waals surface area contributed by atoms with E-state index in [0.29, 0.717) is 28.6 Å². The van der Waals surface area contributed by atoms with Gasteiger partial charge >= 0.3 is 5.97 Å². The lowest BCUT2D eigenvalue weighted by Gasteiger charge is -2.18. The van der Waals surface area contributed by atoms with Crippen LogP contribution in [0.1, 0.15) is 22.9 Å². The summed E-state index contributed by atoms with van der Waals surface area (Å²) in [7, 11) is 2.84. The second kappa shape index (κ2) is 9.65. The maximum absolute atomic E-state index is 13.3. The maximum Gasteiger partial charge on any atom is 0.333 e. The van der Waals surface area contributed by atoms with Crippen molar-refractivity contribution >= 4 is 11.8 Å². The van der Waals surface area contributed by atoms with E-state index in [2.05, 4.69) is 25.5 Å². The number of nitrogens with zero attached hydrogens (tertiary/aromatic N) is 5. The van der Waals surface area contributed by atoms with Crippen molar-refractivity contribution in [1.82, 2.24) is 24.7 Å². The summed E-state index contributed by atoms with van der Waals surface area (Å²) < 4.78 is 25.5. The molecule has 9 nitrogen and oxygen atoms in total. The summed E-state index contributed by atoms with van der Waals surface area (Å²) in [6.45, 7) is 3.74. The molecule has 0 saturated carbocycles. The van der Waals surface area contributed by atoms with Crippen molar-refractivity contribution in [3.8, 4) is 23.0 Å². The van der Waals surface area contributed by atoms with Crippen LogP contribution in [0.2, 0.25) is 0 Å². The molecule has 0 radical (unpaired) electrons. The summed E-state index contributed by atoms with van der Waals surface area (Å²) >= 11 is 0. The minimum Gasteiger partial charge on any atom is -0.479 e. The number of carbonyl (C=O) groups excluding carboxylic acids is 1. The first-order valence-corrected chi connectivity index (χ1v) is 10.4. The number of aryl methyl sites for hydroxylation is 2. The first kappa shape index (κ1) is 22.8. The Bertz CT molecular complexity index is 1320. The highest BCUT2D eigenvalue weighted by Crippen LogP contribution is 2.27. The number of halogens is 1. The molecule has 1 atom stereocenters. The van der Waals surface area contributed by atoms with Crippen LogP contribution < -0.4 is 10.1 Å². The predicted octanol–water partition coefficient (Wildman–Crippen LogP) is 3.82. The Kier molecular flexibility index (Phi) is 6.48. The number of anilines is 1. The summed E-state index contributed by atoms with van der Waals surface area (Å²) in [4.78, 5) is 21.2. The third-order valence-corrected chi connectivity index (χ3v) is 5.19. The molecule has 4 aromatic rings. The number of benzene rings is 1. The van der Waals surface area contributed by atoms with E-state index in [1.54, 1.807) is 19.5 Å². The van der Waals surface area contributed by atoms with Gasteiger partial charge < -0.3 is 19.4 Å². The van der Waals surface area contributed by atoms with Gasteiger partial charge in [0.25, 0.3) is 0 Å². The third kappa shape index (κ3) is 4.70. The van der Waals surface area contributed by atoms with Gasteiger partial charge in [-0.15, -0.1) is 10.2 Å². The van der Waals surface area contributed by atoms with E-state index in [1.807, 2.05) is 36.7 Å². The molecule has 0 aliphatic heterocycles. The van der Waals surface area contributed by atoms with E-state index in [4.69, 9.17) is 9.47 Å². The number of aromatic nitrogens is 5. The number of esters is 1. The van der Waals surface area contributed by atoms with Crippen LogP contribution in [0.5, 0.6) is 5.88 Å². The molecule has 1 N–H and O–H groups in total. The lowest BCUT2D eigenvalue weighted by atomic mass is 10.1. The van der Waals surface area contributed by atoms with E-state index >= 15 is 0 Å². The molecular formula is C24H23FN6O3. The van der Waals surface area contributed by atoms with Crippen molar-refractivity contribution in [2.24, 2.45) is 0 Å². The first-order chi connectivity index (χ1) is 16.4. The number of hydrogen-bond acceptors (Lipinski definition) is 8. The Labute approximate surface area is 195 Å². The Morgan fingerprint density at radius 3 is 2.44 bits per heavy atom. The number of hydrogen-bond donors (Lipinski definition) is 1. The Morgan fingerprint density at radius 1 is 1.06 bits per heavy atom. The maximum atomic E-state index is 13.3. The number of imidazole rings is 1. The Hall–Kier alpha value is -4.34. The average molecular weight is 462 g/mol. The Balaban J connectivity index is 1.62. The van der Waals surface area contributed by atoms with Gasteiger partial charge in [0.2, 0.25) is 5.88 Å². The van der Waals surface area contributed by atoms with Crippen LogP contribution in [0, 0.1) is 19.7 Å². The molecule has 0 aliphatic rings. The fourth-order valence-electron chi connectivity index (χ4n) is 3.42. The van der Waals surface area contributed by atoms with Gasteiger partial charge in [0.05, 0.1) is 31.9 Å². The van der Waals surface area contributed by atoms with Gasteiger partial charge in [0.15, 0.2) is 11.9 Å². The number of methoxy groups -OCH3 is 2. The molecule has 4 rings (SSSR count). The molecule has 0 fully saturated rings. The normalized spacial score (nSPS) is 11.7. The Morgan fingerprint density at radius 2 is 1.82 bits per heavy atom. The summed E-state index contributed by atoms with van der Waals surface area (Å²) in [5.41, 5.74) is 4.00. The van der Waals surface area contributed by atoms with E-state index in [9.17, 15) is 9.18 Å². The zero-order chi connectivity index (χ0) is 24.2. The van der Waals surface area contributed by atoms with Crippen LogP contribution in [-0.4, -0.2) is 44.9 Å². The number of pyridine rings is 1. The molecule has 0 unspecified atom stereocenters. The molecule has 0 spiro atoms. The predicted molar refractivity (Wildman–Crippen MR) is 123 cm³/mol. The zero-order valence-corrected chi connectivity index (χ0v) is 19.1. The summed E-state index contributed by atoms with van der Waals surface area (Å²) in [6.07, 6.45) is 3.57. The highest BCUT2D eigenvalue weighted by Gasteiger charge is 2.23. The van der Waals surface area contributed by atoms with Crippen molar-refractivity contribution in [3.63, 3.8) is 0 Å². The zero-order valence-electron chi connectivity index (χ0n) is 19.1. The van der Waals surface area contributed by atoms with Crippen LogP contribution >= 0.6 is 0 Å². The largest absolute Gasteiger partial charge is 0.479 e. The quantitative estimate of drug-likeness (QED) is 0.414. The molecule has 0 aliphatic carbocycles. The number of carbonyl (C=O) groups is 1. The van der Waals surface area contributed by atoms with Crippen molar-refractivity contribution in [2.75, 3.05) is 19.5 Å². The fourth-order valence-corrected chi connectivity index (χ4v) is 3.42. The summed E-state index contributed by atoms with van der Waals surface area (Å²) in [5, 5.41) is 11.6. The van der Waals surface area contributed by atoms with Crippen LogP contribution in [0.3, 0.4) is 0 Å². The monoisotopic (exact) mass is 462 g/mol. The van der Waals surface area contributed by atoms with E-state index in [0.717, 1.165) is 16.9 Å². The molecule has 0 saturated heterocycles. The second-order valence-electron chi connectivity index (χ2n) is 7.56. The van der Waals surface area contributed by atoms with Crippen LogP contribution in [-0.2, 0) is 9.53 Å². The minimum atomic E-state index is -0.874. The SMILES string of the molecule is COC(=O)[C@H](Nc1nnc(-c2ccc(-n3cnc(C)c3)c(OC)n2)cc1C)c1ccc(F)cc1. The minimum absolute atomic E-state index is 0.390. The standard InChI is InChI=1S/C24H23FN6O3/c1-14-11-19(18-9-10-20(23(27-18)33-3)31-12-15(2)26-13-31)29-30-22(14)28-21(24(32)34-4)16-5-7-17(25)8-6-16/h5-13,21H,1-4H3,(H,28,30)/t21-/m1/s1. The van der Waals surface area contributed by atoms with E-state index < -0.39 is 17.8 Å². The smallest absolute Gasteiger partial charge is 0.333 e. The number of nitrogens with one attached hydrogen (secondary N) is 1. The van der Waals surface area contributed by atoms with E-state index in [-0.39, 0.29) is 0 Å². The van der Waals surface area contributed by atoms with Gasteiger partial charge in [-0.05, 0) is 55.3 Å². The third-order valence-electron chi connectivity index (χ3n) is 5.19. The van der Waals surface area contributed by atoms with Crippen LogP contribution in [0.4, 0.5) is 10.2 Å². The van der Waals surface area contributed by atoms with Crippen molar-refractivity contribution in [3.05, 3.63) is 77.6 Å². The topological polar surface area (TPSA) is 104 Å². The number of rotatable bonds is 7. The van der Waals surface area contributed by atoms with Gasteiger partial charge in [-0.2, -0.15) is 0 Å². The van der Waals surface area contributed by atoms with Crippen LogP contribution in [0.15, 0.2) is 55.0 Å². The lowest BCUT2D eigenvalue weighted by Crippen LogP contribution is -2.23. The highest BCUT2D eigenvalue weighted by atomic mass is 19.1. The van der Waals surface area contributed by atoms with Gasteiger partial charge in [-0.25, -0.2) is 19.2 Å². The molecular weight excluding hydrogens is 439 g/mol. The molecule has 3 heterocycles. The van der Waals surface area contributed by atoms with Crippen molar-refractivity contribution in [2.45, 2.75) is 19.9 Å². The lowest BCUT2D eigenvalue weighted by molar-refractivity contribution is -0.141. The molecule has 10 heteroatoms. The van der Waals surface area contributed by atoms with Gasteiger partial charge in [0.1, 0.15) is 17.2 Å². The van der Waals surface area contributed by atoms with Gasteiger partial charge in [-0.1, -0.05) is 12.1 Å². The molecule has 0 bridgehead atoms. The summed E-state index contributed by atoms with van der Waals surface area (Å²) in [5.74, 6) is -0.127. The molecule has 1 aromatic carbocycles. The molecule has 0 amide bonds. The van der Waals surface area contributed by atoms with Crippen molar-refractivity contribution in [1.29, 1.82) is 0 Å². The molecule has 3 aromatic heterocycles. The van der Waals surface area contributed by atoms with Gasteiger partial charge in [0, 0.05) is 6.20 Å². The molecule has 34 heavy (non-hydrogen) atoms. The average Bonchev–Trinajstić information content (AvgIpc) is 3.29. The molecule has 174 valence electrons. The summed E-state index contributed by atoms with van der Waals surface area (Å²) in [6, 6.07) is 10.2. The van der Waals surface area contributed by atoms with Gasteiger partial charge in [-0.3, -0.25) is 0 Å². The second-order valence-corrected chi connectivity index (χ2v) is 7.56.